The molecule has 1 aliphatic heterocycles. The zero-order chi connectivity index (χ0) is 12.2. The number of rotatable bonds is 0. The Labute approximate surface area is 106 Å². The molecular formula is C16H12O2. The molecule has 2 nitrogen and oxygen atoms in total. The van der Waals surface area contributed by atoms with Gasteiger partial charge in [0, 0.05) is 11.1 Å². The van der Waals surface area contributed by atoms with E-state index in [2.05, 4.69) is 11.8 Å². The molecule has 0 unspecified atom stereocenters. The Kier molecular flexibility index (Phi) is 2.89. The van der Waals surface area contributed by atoms with Crippen LogP contribution >= 0.6 is 0 Å². The Balaban J connectivity index is 2.17. The zero-order valence-electron chi connectivity index (χ0n) is 9.85. The highest BCUT2D eigenvalue weighted by Crippen LogP contribution is 2.36. The van der Waals surface area contributed by atoms with E-state index >= 15 is 0 Å². The second-order valence-corrected chi connectivity index (χ2v) is 3.92. The zero-order valence-corrected chi connectivity index (χ0v) is 9.85. The van der Waals surface area contributed by atoms with Crippen molar-refractivity contribution in [2.24, 2.45) is 0 Å². The van der Waals surface area contributed by atoms with Gasteiger partial charge in [-0.25, -0.2) is 0 Å². The summed E-state index contributed by atoms with van der Waals surface area (Å²) < 4.78 is 11.4. The van der Waals surface area contributed by atoms with Crippen LogP contribution in [0.4, 0.5) is 0 Å². The lowest BCUT2D eigenvalue weighted by atomic mass is 10.0. The van der Waals surface area contributed by atoms with Crippen molar-refractivity contribution in [2.75, 3.05) is 13.2 Å². The van der Waals surface area contributed by atoms with Crippen LogP contribution in [-0.4, -0.2) is 13.2 Å². The number of ether oxygens (including phenoxy) is 2. The van der Waals surface area contributed by atoms with E-state index in [1.54, 1.807) is 0 Å². The average molecular weight is 236 g/mol. The molecule has 0 aliphatic carbocycles. The molecule has 0 N–H and O–H groups in total. The van der Waals surface area contributed by atoms with Gasteiger partial charge < -0.3 is 9.47 Å². The summed E-state index contributed by atoms with van der Waals surface area (Å²) in [6, 6.07) is 15.9. The largest absolute Gasteiger partial charge is 0.480 e. The monoisotopic (exact) mass is 236 g/mol. The van der Waals surface area contributed by atoms with Crippen LogP contribution in [0.5, 0.6) is 11.5 Å². The Morgan fingerprint density at radius 1 is 0.667 bits per heavy atom. The van der Waals surface area contributed by atoms with Gasteiger partial charge in [0.25, 0.3) is 0 Å². The third kappa shape index (κ3) is 2.03. The lowest BCUT2D eigenvalue weighted by Crippen LogP contribution is -2.02. The molecule has 0 radical (unpaired) electrons. The molecule has 0 bridgehead atoms. The predicted molar refractivity (Wildman–Crippen MR) is 70.6 cm³/mol. The van der Waals surface area contributed by atoms with E-state index in [-0.39, 0.29) is 0 Å². The summed E-state index contributed by atoms with van der Waals surface area (Å²) in [7, 11) is 0. The third-order valence-electron chi connectivity index (χ3n) is 2.79. The quantitative estimate of drug-likeness (QED) is 0.654. The van der Waals surface area contributed by atoms with Crippen LogP contribution in [0.25, 0.3) is 11.1 Å². The van der Waals surface area contributed by atoms with E-state index in [0.717, 1.165) is 22.6 Å². The lowest BCUT2D eigenvalue weighted by Gasteiger charge is -2.14. The van der Waals surface area contributed by atoms with E-state index in [1.165, 1.54) is 0 Å². The summed E-state index contributed by atoms with van der Waals surface area (Å²) in [6.07, 6.45) is 0. The fourth-order valence-corrected chi connectivity index (χ4v) is 1.96. The molecule has 0 amide bonds. The lowest BCUT2D eigenvalue weighted by molar-refractivity contribution is 0.358. The third-order valence-corrected chi connectivity index (χ3v) is 2.79. The van der Waals surface area contributed by atoms with Gasteiger partial charge in [-0.2, -0.15) is 0 Å². The van der Waals surface area contributed by atoms with Crippen LogP contribution in [0, 0.1) is 11.8 Å². The standard InChI is InChI=1S/C16H12O2/c1-3-9-15-13(7-1)14-8-2-4-10-16(14)18-12-6-5-11-17-15/h1-4,7-10H,11-12H2. The van der Waals surface area contributed by atoms with Gasteiger partial charge >= 0.3 is 0 Å². The fourth-order valence-electron chi connectivity index (χ4n) is 1.96. The molecule has 1 heterocycles. The molecule has 0 aromatic heterocycles. The van der Waals surface area contributed by atoms with Crippen molar-refractivity contribution in [3.05, 3.63) is 48.5 Å². The molecule has 2 heteroatoms. The number of hydrogen-bond donors (Lipinski definition) is 0. The van der Waals surface area contributed by atoms with Crippen LogP contribution in [-0.2, 0) is 0 Å². The van der Waals surface area contributed by atoms with Crippen molar-refractivity contribution in [1.29, 1.82) is 0 Å². The van der Waals surface area contributed by atoms with Gasteiger partial charge in [0.05, 0.1) is 0 Å². The molecule has 0 saturated carbocycles. The molecule has 2 aromatic rings. The first kappa shape index (κ1) is 10.7. The van der Waals surface area contributed by atoms with Crippen molar-refractivity contribution < 1.29 is 9.47 Å². The molecule has 88 valence electrons. The number of para-hydroxylation sites is 2. The molecule has 3 rings (SSSR count). The van der Waals surface area contributed by atoms with E-state index in [9.17, 15) is 0 Å². The summed E-state index contributed by atoms with van der Waals surface area (Å²) in [4.78, 5) is 0. The average Bonchev–Trinajstić information content (AvgIpc) is 2.44. The van der Waals surface area contributed by atoms with Crippen LogP contribution in [0.15, 0.2) is 48.5 Å². The van der Waals surface area contributed by atoms with Crippen molar-refractivity contribution in [1.82, 2.24) is 0 Å². The summed E-state index contributed by atoms with van der Waals surface area (Å²) in [5.41, 5.74) is 2.08. The second-order valence-electron chi connectivity index (χ2n) is 3.92. The van der Waals surface area contributed by atoms with E-state index in [4.69, 9.17) is 9.47 Å². The van der Waals surface area contributed by atoms with Gasteiger partial charge in [0.2, 0.25) is 0 Å². The van der Waals surface area contributed by atoms with Crippen LogP contribution in [0.2, 0.25) is 0 Å². The first-order valence-corrected chi connectivity index (χ1v) is 5.85. The summed E-state index contributed by atoms with van der Waals surface area (Å²) in [5, 5.41) is 0. The number of benzene rings is 2. The minimum Gasteiger partial charge on any atom is -0.480 e. The number of fused-ring (bicyclic) bond motifs is 3. The minimum absolute atomic E-state index is 0.391. The fraction of sp³-hybridized carbons (Fsp3) is 0.125. The van der Waals surface area contributed by atoms with Crippen molar-refractivity contribution in [2.45, 2.75) is 0 Å². The maximum atomic E-state index is 5.69. The predicted octanol–water partition coefficient (Wildman–Crippen LogP) is 3.13. The molecule has 0 saturated heterocycles. The summed E-state index contributed by atoms with van der Waals surface area (Å²) in [5.74, 6) is 7.53. The van der Waals surface area contributed by atoms with Gasteiger partial charge in [0.15, 0.2) is 0 Å². The van der Waals surface area contributed by atoms with Crippen LogP contribution in [0.1, 0.15) is 0 Å². The van der Waals surface area contributed by atoms with Gasteiger partial charge in [-0.1, -0.05) is 48.2 Å². The van der Waals surface area contributed by atoms with Crippen LogP contribution < -0.4 is 9.47 Å². The molecule has 0 atom stereocenters. The Bertz CT molecular complexity index is 567. The second kappa shape index (κ2) is 4.85. The maximum absolute atomic E-state index is 5.69. The highest BCUT2D eigenvalue weighted by Gasteiger charge is 2.11. The van der Waals surface area contributed by atoms with E-state index in [1.807, 2.05) is 48.5 Å². The first-order valence-electron chi connectivity index (χ1n) is 5.85. The molecule has 2 aromatic carbocycles. The van der Waals surface area contributed by atoms with Gasteiger partial charge in [-0.05, 0) is 12.1 Å². The molecule has 0 fully saturated rings. The van der Waals surface area contributed by atoms with Crippen LogP contribution in [0.3, 0.4) is 0 Å². The topological polar surface area (TPSA) is 18.5 Å². The SMILES string of the molecule is C1#CCOc2ccccc2-c2ccccc2OC1. The van der Waals surface area contributed by atoms with Crippen molar-refractivity contribution in [3.8, 4) is 34.5 Å². The van der Waals surface area contributed by atoms with Gasteiger partial charge in [-0.3, -0.25) is 0 Å². The van der Waals surface area contributed by atoms with Crippen molar-refractivity contribution in [3.63, 3.8) is 0 Å². The summed E-state index contributed by atoms with van der Waals surface area (Å²) in [6.45, 7) is 0.783. The first-order chi connectivity index (χ1) is 8.95. The minimum atomic E-state index is 0.391. The number of hydrogen-bond acceptors (Lipinski definition) is 2. The Morgan fingerprint density at radius 3 is 1.61 bits per heavy atom. The molecule has 18 heavy (non-hydrogen) atoms. The molecule has 0 spiro atoms. The Hall–Kier alpha value is -2.40. The molecular weight excluding hydrogens is 224 g/mol. The van der Waals surface area contributed by atoms with E-state index < -0.39 is 0 Å². The van der Waals surface area contributed by atoms with Crippen molar-refractivity contribution >= 4 is 0 Å². The maximum Gasteiger partial charge on any atom is 0.149 e. The normalized spacial score (nSPS) is 12.9. The van der Waals surface area contributed by atoms with Gasteiger partial charge in [0.1, 0.15) is 24.7 Å². The Morgan fingerprint density at radius 2 is 1.11 bits per heavy atom. The summed E-state index contributed by atoms with van der Waals surface area (Å²) >= 11 is 0. The smallest absolute Gasteiger partial charge is 0.149 e. The van der Waals surface area contributed by atoms with E-state index in [0.29, 0.717) is 13.2 Å². The highest BCUT2D eigenvalue weighted by atomic mass is 16.5. The molecule has 1 aliphatic rings. The van der Waals surface area contributed by atoms with Gasteiger partial charge in [-0.15, -0.1) is 0 Å². The highest BCUT2D eigenvalue weighted by molar-refractivity contribution is 5.75.